The van der Waals surface area contributed by atoms with Gasteiger partial charge in [0.05, 0.1) is 6.10 Å². The number of carboxylic acid groups (broad SMARTS) is 1. The Kier molecular flexibility index (Phi) is 4.75. The molecular weight excluding hydrogens is 270 g/mol. The van der Waals surface area contributed by atoms with Gasteiger partial charge in [0, 0.05) is 24.7 Å². The zero-order valence-corrected chi connectivity index (χ0v) is 11.9. The van der Waals surface area contributed by atoms with Gasteiger partial charge in [0.2, 0.25) is 0 Å². The fourth-order valence-corrected chi connectivity index (χ4v) is 2.32. The number of carbonyl (C=O) groups is 2. The summed E-state index contributed by atoms with van der Waals surface area (Å²) in [5, 5.41) is 18.4. The molecule has 1 aromatic carbocycles. The van der Waals surface area contributed by atoms with Crippen molar-refractivity contribution in [3.8, 4) is 0 Å². The van der Waals surface area contributed by atoms with Crippen LogP contribution in [0.4, 0.5) is 0 Å². The lowest BCUT2D eigenvalue weighted by molar-refractivity contribution is -0.131. The maximum Gasteiger partial charge on any atom is 0.328 e. The fourth-order valence-electron chi connectivity index (χ4n) is 2.32. The Morgan fingerprint density at radius 2 is 1.95 bits per heavy atom. The topological polar surface area (TPSA) is 77.8 Å². The van der Waals surface area contributed by atoms with Crippen LogP contribution in [0.25, 0.3) is 6.08 Å². The maximum absolute atomic E-state index is 12.3. The second-order valence-electron chi connectivity index (χ2n) is 5.38. The minimum atomic E-state index is -1.01. The number of rotatable bonds is 3. The highest BCUT2D eigenvalue weighted by Crippen LogP contribution is 2.19. The molecule has 2 N–H and O–H groups in total. The van der Waals surface area contributed by atoms with Gasteiger partial charge in [0.1, 0.15) is 0 Å². The SMILES string of the molecule is CC1CCN(C(=O)c2ccc(/C=C/C(=O)O)cc2)CC1O. The van der Waals surface area contributed by atoms with Gasteiger partial charge in [-0.05, 0) is 36.1 Å². The van der Waals surface area contributed by atoms with Crippen LogP contribution in [0, 0.1) is 5.92 Å². The van der Waals surface area contributed by atoms with E-state index in [2.05, 4.69) is 0 Å². The van der Waals surface area contributed by atoms with E-state index in [0.717, 1.165) is 18.1 Å². The Hall–Kier alpha value is -2.14. The number of aliphatic hydroxyl groups is 1. The van der Waals surface area contributed by atoms with Crippen molar-refractivity contribution < 1.29 is 19.8 Å². The summed E-state index contributed by atoms with van der Waals surface area (Å²) in [5.41, 5.74) is 1.27. The molecule has 0 aromatic heterocycles. The van der Waals surface area contributed by atoms with Crippen LogP contribution in [0.5, 0.6) is 0 Å². The van der Waals surface area contributed by atoms with Gasteiger partial charge in [-0.1, -0.05) is 19.1 Å². The molecule has 1 aromatic rings. The molecular formula is C16H19NO4. The van der Waals surface area contributed by atoms with Gasteiger partial charge in [0.15, 0.2) is 0 Å². The second kappa shape index (κ2) is 6.54. The monoisotopic (exact) mass is 289 g/mol. The fraction of sp³-hybridized carbons (Fsp3) is 0.375. The van der Waals surface area contributed by atoms with Gasteiger partial charge in [-0.2, -0.15) is 0 Å². The lowest BCUT2D eigenvalue weighted by atomic mass is 9.95. The summed E-state index contributed by atoms with van der Waals surface area (Å²) in [6, 6.07) is 6.76. The van der Waals surface area contributed by atoms with Crippen molar-refractivity contribution in [3.63, 3.8) is 0 Å². The summed E-state index contributed by atoms with van der Waals surface area (Å²) in [7, 11) is 0. The number of carbonyl (C=O) groups excluding carboxylic acids is 1. The standard InChI is InChI=1S/C16H19NO4/c1-11-8-9-17(10-14(11)18)16(21)13-5-2-12(3-6-13)4-7-15(19)20/h2-7,11,14,18H,8-10H2,1H3,(H,19,20)/b7-4+. The molecule has 0 aliphatic carbocycles. The molecule has 1 aliphatic heterocycles. The lowest BCUT2D eigenvalue weighted by Crippen LogP contribution is -2.45. The van der Waals surface area contributed by atoms with Crippen LogP contribution < -0.4 is 0 Å². The van der Waals surface area contributed by atoms with Crippen LogP contribution in [0.1, 0.15) is 29.3 Å². The van der Waals surface area contributed by atoms with E-state index in [1.54, 1.807) is 29.2 Å². The third-order valence-corrected chi connectivity index (χ3v) is 3.78. The van der Waals surface area contributed by atoms with Gasteiger partial charge >= 0.3 is 5.97 Å². The van der Waals surface area contributed by atoms with Crippen molar-refractivity contribution >= 4 is 18.0 Å². The Balaban J connectivity index is 2.05. The minimum Gasteiger partial charge on any atom is -0.478 e. The highest BCUT2D eigenvalue weighted by molar-refractivity contribution is 5.94. The summed E-state index contributed by atoms with van der Waals surface area (Å²) < 4.78 is 0. The summed E-state index contributed by atoms with van der Waals surface area (Å²) in [6.45, 7) is 2.99. The van der Waals surface area contributed by atoms with Crippen molar-refractivity contribution in [2.45, 2.75) is 19.4 Å². The van der Waals surface area contributed by atoms with Crippen LogP contribution >= 0.6 is 0 Å². The number of aliphatic carboxylic acids is 1. The molecule has 2 unspecified atom stereocenters. The number of hydrogen-bond acceptors (Lipinski definition) is 3. The van der Waals surface area contributed by atoms with Gasteiger partial charge < -0.3 is 15.1 Å². The van der Waals surface area contributed by atoms with Crippen molar-refractivity contribution in [1.82, 2.24) is 4.90 Å². The number of aliphatic hydroxyl groups excluding tert-OH is 1. The molecule has 112 valence electrons. The van der Waals surface area contributed by atoms with E-state index in [-0.39, 0.29) is 11.8 Å². The molecule has 0 spiro atoms. The Morgan fingerprint density at radius 3 is 2.52 bits per heavy atom. The van der Waals surface area contributed by atoms with E-state index in [1.807, 2.05) is 6.92 Å². The molecule has 2 rings (SSSR count). The summed E-state index contributed by atoms with van der Waals surface area (Å²) in [6.07, 6.45) is 2.86. The van der Waals surface area contributed by atoms with E-state index < -0.39 is 12.1 Å². The van der Waals surface area contributed by atoms with E-state index in [0.29, 0.717) is 18.7 Å². The van der Waals surface area contributed by atoms with Gasteiger partial charge in [-0.3, -0.25) is 4.79 Å². The third-order valence-electron chi connectivity index (χ3n) is 3.78. The molecule has 2 atom stereocenters. The molecule has 1 amide bonds. The number of amides is 1. The van der Waals surface area contributed by atoms with E-state index >= 15 is 0 Å². The van der Waals surface area contributed by atoms with Crippen molar-refractivity contribution in [1.29, 1.82) is 0 Å². The predicted molar refractivity (Wildman–Crippen MR) is 78.8 cm³/mol. The summed E-state index contributed by atoms with van der Waals surface area (Å²) >= 11 is 0. The highest BCUT2D eigenvalue weighted by atomic mass is 16.4. The quantitative estimate of drug-likeness (QED) is 0.829. The number of piperidine rings is 1. The van der Waals surface area contributed by atoms with Crippen LogP contribution in [0.15, 0.2) is 30.3 Å². The first kappa shape index (κ1) is 15.3. The molecule has 0 radical (unpaired) electrons. The first-order valence-corrected chi connectivity index (χ1v) is 6.96. The summed E-state index contributed by atoms with van der Waals surface area (Å²) in [5.74, 6) is -0.890. The molecule has 1 fully saturated rings. The number of carboxylic acids is 1. The Bertz CT molecular complexity index is 550. The van der Waals surface area contributed by atoms with Crippen LogP contribution in [-0.2, 0) is 4.79 Å². The lowest BCUT2D eigenvalue weighted by Gasteiger charge is -2.34. The van der Waals surface area contributed by atoms with Gasteiger partial charge in [-0.15, -0.1) is 0 Å². The molecule has 5 nitrogen and oxygen atoms in total. The first-order valence-electron chi connectivity index (χ1n) is 6.96. The van der Waals surface area contributed by atoms with Gasteiger partial charge in [0.25, 0.3) is 5.91 Å². The average molecular weight is 289 g/mol. The van der Waals surface area contributed by atoms with E-state index in [4.69, 9.17) is 5.11 Å². The number of hydrogen-bond donors (Lipinski definition) is 2. The smallest absolute Gasteiger partial charge is 0.328 e. The Labute approximate surface area is 123 Å². The van der Waals surface area contributed by atoms with Crippen molar-refractivity contribution in [2.24, 2.45) is 5.92 Å². The third kappa shape index (κ3) is 3.92. The van der Waals surface area contributed by atoms with Crippen molar-refractivity contribution in [2.75, 3.05) is 13.1 Å². The molecule has 1 saturated heterocycles. The Morgan fingerprint density at radius 1 is 1.29 bits per heavy atom. The molecule has 1 heterocycles. The number of nitrogens with zero attached hydrogens (tertiary/aromatic N) is 1. The van der Waals surface area contributed by atoms with Crippen LogP contribution in [0.3, 0.4) is 0 Å². The highest BCUT2D eigenvalue weighted by Gasteiger charge is 2.27. The average Bonchev–Trinajstić information content (AvgIpc) is 2.48. The number of benzene rings is 1. The second-order valence-corrected chi connectivity index (χ2v) is 5.38. The van der Waals surface area contributed by atoms with Crippen LogP contribution in [0.2, 0.25) is 0 Å². The summed E-state index contributed by atoms with van der Waals surface area (Å²) in [4.78, 5) is 24.4. The molecule has 21 heavy (non-hydrogen) atoms. The molecule has 5 heteroatoms. The minimum absolute atomic E-state index is 0.102. The van der Waals surface area contributed by atoms with Gasteiger partial charge in [-0.25, -0.2) is 4.79 Å². The molecule has 0 saturated carbocycles. The first-order chi connectivity index (χ1) is 9.97. The number of β-amino-alcohol motifs (C(OH)–C–C–N with tert-alkyl or cyclic N) is 1. The molecule has 1 aliphatic rings. The zero-order valence-electron chi connectivity index (χ0n) is 11.9. The largest absolute Gasteiger partial charge is 0.478 e. The normalized spacial score (nSPS) is 22.5. The number of likely N-dealkylation sites (tertiary alicyclic amines) is 1. The predicted octanol–water partition coefficient (Wildman–Crippen LogP) is 1.63. The molecule has 0 bridgehead atoms. The van der Waals surface area contributed by atoms with Crippen molar-refractivity contribution in [3.05, 3.63) is 41.5 Å². The van der Waals surface area contributed by atoms with Crippen LogP contribution in [-0.4, -0.2) is 46.2 Å². The zero-order chi connectivity index (χ0) is 15.4. The maximum atomic E-state index is 12.3. The van der Waals surface area contributed by atoms with E-state index in [1.165, 1.54) is 6.08 Å². The van der Waals surface area contributed by atoms with E-state index in [9.17, 15) is 14.7 Å².